The van der Waals surface area contributed by atoms with Gasteiger partial charge in [0.05, 0.1) is 6.10 Å². The van der Waals surface area contributed by atoms with E-state index < -0.39 is 0 Å². The molecular formula is C21H27N3O2. The summed E-state index contributed by atoms with van der Waals surface area (Å²) in [5.41, 5.74) is 7.00. The molecule has 2 aliphatic rings. The molecule has 2 aromatic rings. The lowest BCUT2D eigenvalue weighted by atomic mass is 10.0. The summed E-state index contributed by atoms with van der Waals surface area (Å²) in [5.74, 6) is 0.144. The van der Waals surface area contributed by atoms with Gasteiger partial charge in [0, 0.05) is 39.3 Å². The fourth-order valence-electron chi connectivity index (χ4n) is 4.06. The molecule has 0 spiro atoms. The molecule has 2 aliphatic heterocycles. The van der Waals surface area contributed by atoms with Crippen LogP contribution in [0.2, 0.25) is 0 Å². The molecule has 26 heavy (non-hydrogen) atoms. The summed E-state index contributed by atoms with van der Waals surface area (Å²) in [6, 6.07) is 15.0. The van der Waals surface area contributed by atoms with Gasteiger partial charge in [-0.05, 0) is 29.2 Å². The lowest BCUT2D eigenvalue weighted by Gasteiger charge is -2.36. The van der Waals surface area contributed by atoms with E-state index in [1.54, 1.807) is 0 Å². The quantitative estimate of drug-likeness (QED) is 0.913. The van der Waals surface area contributed by atoms with E-state index in [9.17, 15) is 4.79 Å². The van der Waals surface area contributed by atoms with E-state index in [2.05, 4.69) is 47.4 Å². The Morgan fingerprint density at radius 3 is 2.58 bits per heavy atom. The number of benzene rings is 2. The topological polar surface area (TPSA) is 58.8 Å². The Labute approximate surface area is 154 Å². The highest BCUT2D eigenvalue weighted by atomic mass is 16.5. The number of carbonyl (C=O) groups excluding carboxylic acids is 1. The van der Waals surface area contributed by atoms with Crippen LogP contribution in [0.3, 0.4) is 0 Å². The zero-order valence-electron chi connectivity index (χ0n) is 15.1. The summed E-state index contributed by atoms with van der Waals surface area (Å²) in [5, 5.41) is 2.60. The number of carbonyl (C=O) groups is 1. The van der Waals surface area contributed by atoms with Crippen molar-refractivity contribution in [1.29, 1.82) is 0 Å². The van der Waals surface area contributed by atoms with E-state index in [0.29, 0.717) is 6.54 Å². The van der Waals surface area contributed by atoms with Crippen LogP contribution in [-0.2, 0) is 16.1 Å². The van der Waals surface area contributed by atoms with Crippen LogP contribution in [0, 0.1) is 0 Å². The average molecular weight is 353 g/mol. The molecule has 138 valence electrons. The molecule has 1 amide bonds. The SMILES string of the molecule is NC[C@H]1CC[C@@H](C(=O)N2CCN(Cc3cccc4ccccc34)CC2)O1. The van der Waals surface area contributed by atoms with Gasteiger partial charge in [-0.3, -0.25) is 9.69 Å². The predicted octanol–water partition coefficient (Wildman–Crippen LogP) is 1.99. The minimum atomic E-state index is -0.284. The van der Waals surface area contributed by atoms with Crippen molar-refractivity contribution in [3.63, 3.8) is 0 Å². The number of hydrogen-bond donors (Lipinski definition) is 1. The largest absolute Gasteiger partial charge is 0.364 e. The van der Waals surface area contributed by atoms with Crippen LogP contribution >= 0.6 is 0 Å². The molecule has 0 unspecified atom stereocenters. The van der Waals surface area contributed by atoms with E-state index in [4.69, 9.17) is 10.5 Å². The third kappa shape index (κ3) is 3.61. The van der Waals surface area contributed by atoms with Crippen LogP contribution in [0.5, 0.6) is 0 Å². The molecule has 0 aromatic heterocycles. The first-order valence-electron chi connectivity index (χ1n) is 9.58. The van der Waals surface area contributed by atoms with Gasteiger partial charge in [0.15, 0.2) is 0 Å². The molecule has 5 heteroatoms. The van der Waals surface area contributed by atoms with Crippen molar-refractivity contribution < 1.29 is 9.53 Å². The Kier molecular flexibility index (Phi) is 5.20. The number of nitrogens with zero attached hydrogens (tertiary/aromatic N) is 2. The minimum Gasteiger partial charge on any atom is -0.364 e. The van der Waals surface area contributed by atoms with Crippen LogP contribution in [0.15, 0.2) is 42.5 Å². The number of hydrogen-bond acceptors (Lipinski definition) is 4. The normalized spacial score (nSPS) is 24.3. The van der Waals surface area contributed by atoms with Gasteiger partial charge < -0.3 is 15.4 Å². The molecule has 0 radical (unpaired) electrons. The van der Waals surface area contributed by atoms with Crippen LogP contribution in [0.25, 0.3) is 10.8 Å². The van der Waals surface area contributed by atoms with E-state index >= 15 is 0 Å². The van der Waals surface area contributed by atoms with Crippen molar-refractivity contribution in [2.45, 2.75) is 31.6 Å². The molecule has 2 N–H and O–H groups in total. The van der Waals surface area contributed by atoms with E-state index in [0.717, 1.165) is 45.6 Å². The first kappa shape index (κ1) is 17.5. The van der Waals surface area contributed by atoms with Crippen molar-refractivity contribution >= 4 is 16.7 Å². The molecule has 2 atom stereocenters. The standard InChI is InChI=1S/C21H27N3O2/c22-14-18-8-9-20(26-18)21(25)24-12-10-23(11-13-24)15-17-6-3-5-16-4-1-2-7-19(16)17/h1-7,18,20H,8-15,22H2/t18-,20+/m1/s1. The maximum atomic E-state index is 12.6. The summed E-state index contributed by atoms with van der Waals surface area (Å²) in [6.45, 7) is 4.79. The third-order valence-electron chi connectivity index (χ3n) is 5.60. The zero-order valence-corrected chi connectivity index (χ0v) is 15.1. The number of amides is 1. The van der Waals surface area contributed by atoms with Crippen molar-refractivity contribution in [3.05, 3.63) is 48.0 Å². The highest BCUT2D eigenvalue weighted by Gasteiger charge is 2.34. The fourth-order valence-corrected chi connectivity index (χ4v) is 4.06. The number of piperazine rings is 1. The second-order valence-electron chi connectivity index (χ2n) is 7.30. The molecule has 0 aliphatic carbocycles. The minimum absolute atomic E-state index is 0.0524. The fraction of sp³-hybridized carbons (Fsp3) is 0.476. The number of fused-ring (bicyclic) bond motifs is 1. The Hall–Kier alpha value is -1.95. The van der Waals surface area contributed by atoms with E-state index in [1.165, 1.54) is 16.3 Å². The van der Waals surface area contributed by atoms with Gasteiger partial charge in [0.1, 0.15) is 6.10 Å². The Morgan fingerprint density at radius 2 is 1.81 bits per heavy atom. The van der Waals surface area contributed by atoms with Gasteiger partial charge in [0.25, 0.3) is 5.91 Å². The van der Waals surface area contributed by atoms with Gasteiger partial charge in [-0.15, -0.1) is 0 Å². The molecule has 2 saturated heterocycles. The number of nitrogens with two attached hydrogens (primary N) is 1. The molecular weight excluding hydrogens is 326 g/mol. The second kappa shape index (κ2) is 7.74. The van der Waals surface area contributed by atoms with Gasteiger partial charge in [-0.1, -0.05) is 42.5 Å². The molecule has 0 bridgehead atoms. The second-order valence-corrected chi connectivity index (χ2v) is 7.30. The first-order valence-corrected chi connectivity index (χ1v) is 9.58. The molecule has 0 saturated carbocycles. The summed E-state index contributed by atoms with van der Waals surface area (Å²) in [6.07, 6.45) is 1.47. The van der Waals surface area contributed by atoms with E-state index in [1.807, 2.05) is 4.90 Å². The Bertz CT molecular complexity index is 765. The zero-order chi connectivity index (χ0) is 17.9. The number of ether oxygens (including phenoxy) is 1. The lowest BCUT2D eigenvalue weighted by Crippen LogP contribution is -2.51. The first-order chi connectivity index (χ1) is 12.7. The molecule has 5 nitrogen and oxygen atoms in total. The number of rotatable bonds is 4. The Balaban J connectivity index is 1.34. The highest BCUT2D eigenvalue weighted by molar-refractivity contribution is 5.85. The monoisotopic (exact) mass is 353 g/mol. The molecule has 2 aromatic carbocycles. The summed E-state index contributed by atoms with van der Waals surface area (Å²) >= 11 is 0. The highest BCUT2D eigenvalue weighted by Crippen LogP contribution is 2.23. The van der Waals surface area contributed by atoms with Gasteiger partial charge in [0.2, 0.25) is 0 Å². The molecule has 2 fully saturated rings. The van der Waals surface area contributed by atoms with Crippen LogP contribution < -0.4 is 5.73 Å². The van der Waals surface area contributed by atoms with Crippen LogP contribution in [-0.4, -0.2) is 60.6 Å². The summed E-state index contributed by atoms with van der Waals surface area (Å²) in [7, 11) is 0. The maximum Gasteiger partial charge on any atom is 0.251 e. The predicted molar refractivity (Wildman–Crippen MR) is 103 cm³/mol. The summed E-state index contributed by atoms with van der Waals surface area (Å²) < 4.78 is 5.77. The molecule has 4 rings (SSSR count). The van der Waals surface area contributed by atoms with Gasteiger partial charge in [-0.2, -0.15) is 0 Å². The van der Waals surface area contributed by atoms with Crippen molar-refractivity contribution in [1.82, 2.24) is 9.80 Å². The van der Waals surface area contributed by atoms with E-state index in [-0.39, 0.29) is 18.1 Å². The third-order valence-corrected chi connectivity index (χ3v) is 5.60. The van der Waals surface area contributed by atoms with Crippen molar-refractivity contribution in [2.24, 2.45) is 5.73 Å². The van der Waals surface area contributed by atoms with Crippen molar-refractivity contribution in [3.8, 4) is 0 Å². The maximum absolute atomic E-state index is 12.6. The summed E-state index contributed by atoms with van der Waals surface area (Å²) in [4.78, 5) is 17.0. The lowest BCUT2D eigenvalue weighted by molar-refractivity contribution is -0.144. The van der Waals surface area contributed by atoms with Crippen LogP contribution in [0.1, 0.15) is 18.4 Å². The smallest absolute Gasteiger partial charge is 0.251 e. The van der Waals surface area contributed by atoms with Gasteiger partial charge >= 0.3 is 0 Å². The van der Waals surface area contributed by atoms with Crippen molar-refractivity contribution in [2.75, 3.05) is 32.7 Å². The van der Waals surface area contributed by atoms with Gasteiger partial charge in [-0.25, -0.2) is 0 Å². The molecule has 2 heterocycles. The van der Waals surface area contributed by atoms with Crippen LogP contribution in [0.4, 0.5) is 0 Å². The average Bonchev–Trinajstić information content (AvgIpc) is 3.18. The Morgan fingerprint density at radius 1 is 1.04 bits per heavy atom.